The largest absolute Gasteiger partial charge is 0.466 e. The number of aromatic nitrogens is 2. The Balaban J connectivity index is 2.12. The van der Waals surface area contributed by atoms with Crippen LogP contribution < -0.4 is 5.32 Å². The van der Waals surface area contributed by atoms with Crippen LogP contribution in [-0.2, 0) is 19.5 Å². The Hall–Kier alpha value is -1.26. The van der Waals surface area contributed by atoms with Crippen molar-refractivity contribution in [3.8, 4) is 0 Å². The summed E-state index contributed by atoms with van der Waals surface area (Å²) in [6.45, 7) is 11.8. The van der Waals surface area contributed by atoms with E-state index in [4.69, 9.17) is 16.0 Å². The van der Waals surface area contributed by atoms with Crippen molar-refractivity contribution in [3.05, 3.63) is 39.6 Å². The molecule has 0 amide bonds. The van der Waals surface area contributed by atoms with E-state index >= 15 is 0 Å². The van der Waals surface area contributed by atoms with E-state index < -0.39 is 0 Å². The Morgan fingerprint density at radius 3 is 2.62 bits per heavy atom. The molecule has 1 unspecified atom stereocenters. The number of rotatable bonds is 6. The molecule has 0 saturated heterocycles. The molecule has 0 bridgehead atoms. The smallest absolute Gasteiger partial charge is 0.105 e. The molecule has 1 N–H and O–H groups in total. The summed E-state index contributed by atoms with van der Waals surface area (Å²) >= 11 is 6.43. The second kappa shape index (κ2) is 6.67. The molecule has 4 nitrogen and oxygen atoms in total. The first-order valence-corrected chi connectivity index (χ1v) is 7.90. The van der Waals surface area contributed by atoms with Crippen molar-refractivity contribution in [3.63, 3.8) is 0 Å². The van der Waals surface area contributed by atoms with Crippen LogP contribution in [0.15, 0.2) is 10.5 Å². The lowest BCUT2D eigenvalue weighted by Crippen LogP contribution is -2.20. The first-order chi connectivity index (χ1) is 9.97. The zero-order valence-corrected chi connectivity index (χ0v) is 14.2. The van der Waals surface area contributed by atoms with E-state index in [1.165, 1.54) is 5.56 Å². The lowest BCUT2D eigenvalue weighted by Gasteiger charge is -2.14. The van der Waals surface area contributed by atoms with Crippen LogP contribution in [0.3, 0.4) is 0 Å². The first-order valence-electron chi connectivity index (χ1n) is 7.52. The van der Waals surface area contributed by atoms with Crippen molar-refractivity contribution >= 4 is 11.6 Å². The van der Waals surface area contributed by atoms with E-state index in [1.54, 1.807) is 0 Å². The van der Waals surface area contributed by atoms with Gasteiger partial charge in [0.25, 0.3) is 0 Å². The summed E-state index contributed by atoms with van der Waals surface area (Å²) < 4.78 is 7.57. The molecule has 2 aromatic heterocycles. The highest BCUT2D eigenvalue weighted by atomic mass is 35.5. The summed E-state index contributed by atoms with van der Waals surface area (Å²) in [7, 11) is 0. The van der Waals surface area contributed by atoms with Crippen LogP contribution in [0.2, 0.25) is 5.02 Å². The highest BCUT2D eigenvalue weighted by molar-refractivity contribution is 6.31. The molecule has 0 fully saturated rings. The summed E-state index contributed by atoms with van der Waals surface area (Å²) in [6, 6.07) is 2.30. The fourth-order valence-corrected chi connectivity index (χ4v) is 2.96. The minimum absolute atomic E-state index is 0.212. The minimum atomic E-state index is 0.212. The number of furan rings is 1. The second-order valence-corrected chi connectivity index (χ2v) is 5.73. The van der Waals surface area contributed by atoms with Crippen molar-refractivity contribution in [2.75, 3.05) is 0 Å². The molecule has 21 heavy (non-hydrogen) atoms. The third kappa shape index (κ3) is 3.33. The fraction of sp³-hybridized carbons (Fsp3) is 0.562. The molecular weight excluding hydrogens is 286 g/mol. The van der Waals surface area contributed by atoms with Crippen LogP contribution >= 0.6 is 11.6 Å². The van der Waals surface area contributed by atoms with Crippen molar-refractivity contribution in [2.45, 2.75) is 60.2 Å². The van der Waals surface area contributed by atoms with Gasteiger partial charge in [0.2, 0.25) is 0 Å². The highest BCUT2D eigenvalue weighted by Crippen LogP contribution is 2.24. The van der Waals surface area contributed by atoms with E-state index in [2.05, 4.69) is 37.3 Å². The van der Waals surface area contributed by atoms with Crippen molar-refractivity contribution < 1.29 is 4.42 Å². The van der Waals surface area contributed by atoms with Crippen LogP contribution in [0.1, 0.15) is 55.3 Å². The summed E-state index contributed by atoms with van der Waals surface area (Å²) in [4.78, 5) is 0. The summed E-state index contributed by atoms with van der Waals surface area (Å²) in [5.41, 5.74) is 3.22. The van der Waals surface area contributed by atoms with Gasteiger partial charge in [-0.05, 0) is 40.2 Å². The Labute approximate surface area is 131 Å². The molecule has 0 radical (unpaired) electrons. The first kappa shape index (κ1) is 16.1. The molecule has 0 saturated carbocycles. The van der Waals surface area contributed by atoms with Gasteiger partial charge in [-0.2, -0.15) is 5.10 Å². The van der Waals surface area contributed by atoms with Gasteiger partial charge < -0.3 is 9.73 Å². The maximum Gasteiger partial charge on any atom is 0.105 e. The molecule has 0 spiro atoms. The SMILES string of the molecule is CCc1nn(CC)c(CNC(C)c2cc(C)oc2C)c1Cl. The van der Waals surface area contributed by atoms with Gasteiger partial charge in [-0.25, -0.2) is 0 Å². The summed E-state index contributed by atoms with van der Waals surface area (Å²) in [5.74, 6) is 1.91. The zero-order chi connectivity index (χ0) is 15.6. The van der Waals surface area contributed by atoms with Crippen molar-refractivity contribution in [1.29, 1.82) is 0 Å². The number of hydrogen-bond donors (Lipinski definition) is 1. The molecule has 116 valence electrons. The average molecular weight is 310 g/mol. The molecule has 0 aliphatic heterocycles. The van der Waals surface area contributed by atoms with Gasteiger partial charge in [0.05, 0.1) is 16.4 Å². The second-order valence-electron chi connectivity index (χ2n) is 5.35. The van der Waals surface area contributed by atoms with Gasteiger partial charge >= 0.3 is 0 Å². The van der Waals surface area contributed by atoms with Gasteiger partial charge in [0.1, 0.15) is 11.5 Å². The fourth-order valence-electron chi connectivity index (χ4n) is 2.63. The molecule has 0 aliphatic rings. The van der Waals surface area contributed by atoms with Crippen LogP contribution in [-0.4, -0.2) is 9.78 Å². The normalized spacial score (nSPS) is 12.9. The average Bonchev–Trinajstić information content (AvgIpc) is 2.95. The summed E-state index contributed by atoms with van der Waals surface area (Å²) in [5, 5.41) is 8.85. The maximum atomic E-state index is 6.43. The molecule has 0 aliphatic carbocycles. The number of nitrogens with one attached hydrogen (secondary N) is 1. The van der Waals surface area contributed by atoms with Crippen LogP contribution in [0.5, 0.6) is 0 Å². The predicted octanol–water partition coefficient (Wildman–Crippen LogP) is 4.18. The van der Waals surface area contributed by atoms with E-state index in [-0.39, 0.29) is 6.04 Å². The molecule has 0 aromatic carbocycles. The predicted molar refractivity (Wildman–Crippen MR) is 85.7 cm³/mol. The highest BCUT2D eigenvalue weighted by Gasteiger charge is 2.17. The van der Waals surface area contributed by atoms with Crippen LogP contribution in [0, 0.1) is 13.8 Å². The third-order valence-corrected chi connectivity index (χ3v) is 4.25. The summed E-state index contributed by atoms with van der Waals surface area (Å²) in [6.07, 6.45) is 0.856. The van der Waals surface area contributed by atoms with Gasteiger partial charge in [-0.1, -0.05) is 18.5 Å². The van der Waals surface area contributed by atoms with E-state index in [0.29, 0.717) is 6.54 Å². The lowest BCUT2D eigenvalue weighted by molar-refractivity contribution is 0.485. The third-order valence-electron chi connectivity index (χ3n) is 3.82. The Bertz CT molecular complexity index is 615. The Morgan fingerprint density at radius 2 is 2.10 bits per heavy atom. The van der Waals surface area contributed by atoms with Gasteiger partial charge in [0.15, 0.2) is 0 Å². The lowest BCUT2D eigenvalue weighted by atomic mass is 10.1. The number of nitrogens with zero attached hydrogens (tertiary/aromatic N) is 2. The monoisotopic (exact) mass is 309 g/mol. The Morgan fingerprint density at radius 1 is 1.38 bits per heavy atom. The van der Waals surface area contributed by atoms with Crippen LogP contribution in [0.4, 0.5) is 0 Å². The number of aryl methyl sites for hydroxylation is 4. The van der Waals surface area contributed by atoms with Crippen LogP contribution in [0.25, 0.3) is 0 Å². The molecule has 2 aromatic rings. The van der Waals surface area contributed by atoms with Crippen molar-refractivity contribution in [1.82, 2.24) is 15.1 Å². The quantitative estimate of drug-likeness (QED) is 0.870. The maximum absolute atomic E-state index is 6.43. The standard InChI is InChI=1S/C16H24ClN3O/c1-6-14-16(17)15(20(7-2)19-14)9-18-11(4)13-8-10(3)21-12(13)5/h8,11,18H,6-7,9H2,1-5H3. The van der Waals surface area contributed by atoms with Gasteiger partial charge in [-0.15, -0.1) is 0 Å². The molecular formula is C16H24ClN3O. The van der Waals surface area contributed by atoms with E-state index in [9.17, 15) is 0 Å². The minimum Gasteiger partial charge on any atom is -0.466 e. The van der Waals surface area contributed by atoms with E-state index in [0.717, 1.165) is 40.9 Å². The zero-order valence-electron chi connectivity index (χ0n) is 13.5. The molecule has 2 heterocycles. The molecule has 5 heteroatoms. The van der Waals surface area contributed by atoms with E-state index in [1.807, 2.05) is 18.5 Å². The number of halogens is 1. The van der Waals surface area contributed by atoms with Crippen molar-refractivity contribution in [2.24, 2.45) is 0 Å². The van der Waals surface area contributed by atoms with Gasteiger partial charge in [-0.3, -0.25) is 4.68 Å². The molecule has 2 rings (SSSR count). The van der Waals surface area contributed by atoms with Gasteiger partial charge in [0, 0.05) is 24.7 Å². The topological polar surface area (TPSA) is 43.0 Å². The Kier molecular flexibility index (Phi) is 5.12. The molecule has 1 atom stereocenters. The number of hydrogen-bond acceptors (Lipinski definition) is 3.